The van der Waals surface area contributed by atoms with Crippen LogP contribution < -0.4 is 0 Å². The highest BCUT2D eigenvalue weighted by atomic mass is 16.4. The third-order valence-corrected chi connectivity index (χ3v) is 6.55. The van der Waals surface area contributed by atoms with Crippen LogP contribution in [-0.4, -0.2) is 62.9 Å². The number of aliphatic carboxylic acids is 1. The summed E-state index contributed by atoms with van der Waals surface area (Å²) in [4.78, 5) is 36.4. The molecule has 7 nitrogen and oxygen atoms in total. The number of nitrogens with one attached hydrogen (secondary N) is 1. The molecule has 2 aliphatic rings. The van der Waals surface area contributed by atoms with Crippen LogP contribution in [0.2, 0.25) is 0 Å². The third kappa shape index (κ3) is 4.03. The second-order valence-electron chi connectivity index (χ2n) is 8.27. The number of nitrogens with zero attached hydrogens (tertiary/aromatic N) is 3. The first-order valence-electron chi connectivity index (χ1n) is 10.1. The molecule has 1 unspecified atom stereocenters. The number of aromatic nitrogens is 2. The Morgan fingerprint density at radius 1 is 1.33 bits per heavy atom. The molecule has 150 valence electrons. The molecule has 2 fully saturated rings. The number of carboxylic acids is 1. The van der Waals surface area contributed by atoms with Crippen molar-refractivity contribution in [3.05, 3.63) is 17.7 Å². The zero-order chi connectivity index (χ0) is 19.6. The fourth-order valence-corrected chi connectivity index (χ4v) is 4.87. The van der Waals surface area contributed by atoms with Crippen molar-refractivity contribution in [2.45, 2.75) is 53.0 Å². The number of H-pyrrole nitrogens is 1. The lowest BCUT2D eigenvalue weighted by Crippen LogP contribution is -2.49. The van der Waals surface area contributed by atoms with Gasteiger partial charge in [-0.2, -0.15) is 0 Å². The molecule has 27 heavy (non-hydrogen) atoms. The van der Waals surface area contributed by atoms with Gasteiger partial charge < -0.3 is 15.0 Å². The predicted octanol–water partition coefficient (Wildman–Crippen LogP) is 2.28. The molecule has 1 atom stereocenters. The summed E-state index contributed by atoms with van der Waals surface area (Å²) in [5.74, 6) is 0.126. The number of imidazole rings is 1. The Morgan fingerprint density at radius 3 is 2.52 bits per heavy atom. The number of carbonyl (C=O) groups is 2. The van der Waals surface area contributed by atoms with Gasteiger partial charge in [0.05, 0.1) is 12.5 Å². The predicted molar refractivity (Wildman–Crippen MR) is 102 cm³/mol. The number of hydrogen-bond donors (Lipinski definition) is 2. The molecular formula is C20H32N4O3. The van der Waals surface area contributed by atoms with E-state index in [1.165, 1.54) is 0 Å². The molecule has 2 N–H and O–H groups in total. The fraction of sp³-hybridized carbons (Fsp3) is 0.750. The van der Waals surface area contributed by atoms with E-state index in [0.717, 1.165) is 43.7 Å². The molecule has 1 aromatic heterocycles. The highest BCUT2D eigenvalue weighted by Gasteiger charge is 2.51. The number of carboxylic acid groups (broad SMARTS) is 1. The molecule has 3 heterocycles. The van der Waals surface area contributed by atoms with Crippen LogP contribution in [0.15, 0.2) is 6.20 Å². The summed E-state index contributed by atoms with van der Waals surface area (Å²) < 4.78 is 0. The van der Waals surface area contributed by atoms with Crippen LogP contribution >= 0.6 is 0 Å². The molecule has 7 heteroatoms. The minimum absolute atomic E-state index is 0.0941. The van der Waals surface area contributed by atoms with Crippen molar-refractivity contribution in [3.63, 3.8) is 0 Å². The number of piperidine rings is 1. The molecule has 0 saturated carbocycles. The molecule has 0 aliphatic carbocycles. The zero-order valence-electron chi connectivity index (χ0n) is 16.7. The highest BCUT2D eigenvalue weighted by Crippen LogP contribution is 2.45. The first-order chi connectivity index (χ1) is 12.9. The van der Waals surface area contributed by atoms with Crippen LogP contribution in [0.4, 0.5) is 0 Å². The van der Waals surface area contributed by atoms with Crippen LogP contribution in [0.25, 0.3) is 0 Å². The highest BCUT2D eigenvalue weighted by molar-refractivity contribution is 5.79. The molecule has 0 aromatic carbocycles. The van der Waals surface area contributed by atoms with Crippen LogP contribution in [0.3, 0.4) is 0 Å². The standard InChI is InChI=1S/C20H32N4O3/c1-4-15(5-2)18(25)24-8-6-20(7-9-24)13-23(11-16(20)19(26)27)12-17-21-10-14(3)22-17/h10,15-16H,4-9,11-13H2,1-3H3,(H,21,22)(H,26,27). The van der Waals surface area contributed by atoms with Gasteiger partial charge in [-0.15, -0.1) is 0 Å². The Labute approximate surface area is 161 Å². The second-order valence-corrected chi connectivity index (χ2v) is 8.27. The maximum Gasteiger partial charge on any atom is 0.308 e. The molecule has 2 aliphatic heterocycles. The van der Waals surface area contributed by atoms with Gasteiger partial charge in [-0.05, 0) is 32.6 Å². The Hall–Kier alpha value is -1.89. The van der Waals surface area contributed by atoms with Crippen LogP contribution in [0.5, 0.6) is 0 Å². The van der Waals surface area contributed by atoms with Crippen molar-refractivity contribution in [3.8, 4) is 0 Å². The molecule has 0 bridgehead atoms. The van der Waals surface area contributed by atoms with Gasteiger partial charge in [0.2, 0.25) is 5.91 Å². The van der Waals surface area contributed by atoms with E-state index in [0.29, 0.717) is 26.2 Å². The average Bonchev–Trinajstić information content (AvgIpc) is 3.20. The van der Waals surface area contributed by atoms with E-state index in [1.807, 2.05) is 11.8 Å². The SMILES string of the molecule is CCC(CC)C(=O)N1CCC2(CC1)CN(Cc1ncc(C)[nH]1)CC2C(=O)O. The van der Waals surface area contributed by atoms with Gasteiger partial charge in [-0.3, -0.25) is 14.5 Å². The van der Waals surface area contributed by atoms with Crippen LogP contribution in [0.1, 0.15) is 51.0 Å². The maximum absolute atomic E-state index is 12.7. The lowest BCUT2D eigenvalue weighted by molar-refractivity contribution is -0.147. The number of hydrogen-bond acceptors (Lipinski definition) is 4. The lowest BCUT2D eigenvalue weighted by Gasteiger charge is -2.42. The first kappa shape index (κ1) is 19.9. The monoisotopic (exact) mass is 376 g/mol. The van der Waals surface area contributed by atoms with Gasteiger partial charge in [0.15, 0.2) is 0 Å². The smallest absolute Gasteiger partial charge is 0.308 e. The van der Waals surface area contributed by atoms with E-state index >= 15 is 0 Å². The third-order valence-electron chi connectivity index (χ3n) is 6.55. The topological polar surface area (TPSA) is 89.5 Å². The van der Waals surface area contributed by atoms with Crippen molar-refractivity contribution in [2.24, 2.45) is 17.3 Å². The fourth-order valence-electron chi connectivity index (χ4n) is 4.87. The van der Waals surface area contributed by atoms with Gasteiger partial charge in [0.25, 0.3) is 0 Å². The molecule has 3 rings (SSSR count). The number of aryl methyl sites for hydroxylation is 1. The van der Waals surface area contributed by atoms with E-state index in [9.17, 15) is 14.7 Å². The van der Waals surface area contributed by atoms with E-state index in [-0.39, 0.29) is 23.2 Å². The minimum Gasteiger partial charge on any atom is -0.481 e. The van der Waals surface area contributed by atoms with Crippen molar-refractivity contribution < 1.29 is 14.7 Å². The molecule has 1 amide bonds. The minimum atomic E-state index is -0.715. The Balaban J connectivity index is 1.67. The summed E-state index contributed by atoms with van der Waals surface area (Å²) in [5.41, 5.74) is 0.778. The summed E-state index contributed by atoms with van der Waals surface area (Å²) >= 11 is 0. The van der Waals surface area contributed by atoms with E-state index in [4.69, 9.17) is 0 Å². The molecule has 0 radical (unpaired) electrons. The molecule has 2 saturated heterocycles. The van der Waals surface area contributed by atoms with E-state index in [2.05, 4.69) is 28.7 Å². The maximum atomic E-state index is 12.7. The summed E-state index contributed by atoms with van der Waals surface area (Å²) in [6, 6.07) is 0. The number of aromatic amines is 1. The van der Waals surface area contributed by atoms with Gasteiger partial charge in [-0.25, -0.2) is 4.98 Å². The zero-order valence-corrected chi connectivity index (χ0v) is 16.7. The molecule has 1 spiro atoms. The molecular weight excluding hydrogens is 344 g/mol. The summed E-state index contributed by atoms with van der Waals surface area (Å²) in [7, 11) is 0. The van der Waals surface area contributed by atoms with Crippen molar-refractivity contribution in [1.82, 2.24) is 19.8 Å². The van der Waals surface area contributed by atoms with Gasteiger partial charge >= 0.3 is 5.97 Å². The second kappa shape index (κ2) is 8.00. The van der Waals surface area contributed by atoms with Gasteiger partial charge in [-0.1, -0.05) is 13.8 Å². The van der Waals surface area contributed by atoms with Crippen LogP contribution in [-0.2, 0) is 16.1 Å². The number of likely N-dealkylation sites (tertiary alicyclic amines) is 2. The molecule has 1 aromatic rings. The van der Waals surface area contributed by atoms with Crippen molar-refractivity contribution in [1.29, 1.82) is 0 Å². The largest absolute Gasteiger partial charge is 0.481 e. The van der Waals surface area contributed by atoms with Gasteiger partial charge in [0, 0.05) is 49.4 Å². The van der Waals surface area contributed by atoms with E-state index < -0.39 is 5.97 Å². The van der Waals surface area contributed by atoms with E-state index in [1.54, 1.807) is 6.20 Å². The Morgan fingerprint density at radius 2 is 2.00 bits per heavy atom. The van der Waals surface area contributed by atoms with Crippen molar-refractivity contribution in [2.75, 3.05) is 26.2 Å². The summed E-state index contributed by atoms with van der Waals surface area (Å²) in [6.45, 7) is 9.39. The van der Waals surface area contributed by atoms with Gasteiger partial charge in [0.1, 0.15) is 5.82 Å². The van der Waals surface area contributed by atoms with Crippen molar-refractivity contribution >= 4 is 11.9 Å². The number of amides is 1. The number of rotatable bonds is 6. The summed E-state index contributed by atoms with van der Waals surface area (Å²) in [6.07, 6.45) is 5.07. The first-order valence-corrected chi connectivity index (χ1v) is 10.1. The number of carbonyl (C=O) groups excluding carboxylic acids is 1. The quantitative estimate of drug-likeness (QED) is 0.795. The normalized spacial score (nSPS) is 22.7. The average molecular weight is 377 g/mol. The Bertz CT molecular complexity index is 675. The van der Waals surface area contributed by atoms with Crippen LogP contribution in [0, 0.1) is 24.2 Å². The summed E-state index contributed by atoms with van der Waals surface area (Å²) in [5, 5.41) is 9.83. The Kier molecular flexibility index (Phi) is 5.89. The lowest BCUT2D eigenvalue weighted by atomic mass is 9.70.